The molecule has 0 radical (unpaired) electrons. The number of nitrogen functional groups attached to an aromatic ring is 1. The van der Waals surface area contributed by atoms with E-state index < -0.39 is 0 Å². The molecule has 0 unspecified atom stereocenters. The number of hydrogen-bond donors (Lipinski definition) is 1. The van der Waals surface area contributed by atoms with Crippen LogP contribution in [0.2, 0.25) is 0 Å². The summed E-state index contributed by atoms with van der Waals surface area (Å²) >= 11 is 2.90. The van der Waals surface area contributed by atoms with Gasteiger partial charge in [0, 0.05) is 12.4 Å². The summed E-state index contributed by atoms with van der Waals surface area (Å²) < 4.78 is 1.58. The first-order valence-electron chi connectivity index (χ1n) is 4.65. The first kappa shape index (κ1) is 10.4. The molecule has 3 aromatic rings. The number of aromatic nitrogens is 6. The zero-order chi connectivity index (χ0) is 11.8. The van der Waals surface area contributed by atoms with Crippen molar-refractivity contribution in [1.82, 2.24) is 30.2 Å². The van der Waals surface area contributed by atoms with E-state index in [-0.39, 0.29) is 5.95 Å². The molecule has 0 bridgehead atoms. The molecule has 0 aliphatic carbocycles. The smallest absolute Gasteiger partial charge is 0.222 e. The second-order valence-corrected chi connectivity index (χ2v) is 5.06. The highest BCUT2D eigenvalue weighted by atomic mass is 32.2. The molecule has 3 heterocycles. The Morgan fingerprint density at radius 2 is 2.29 bits per heavy atom. The Bertz CT molecular complexity index is 673. The first-order valence-corrected chi connectivity index (χ1v) is 6.34. The Kier molecular flexibility index (Phi) is 2.41. The Morgan fingerprint density at radius 3 is 3.06 bits per heavy atom. The van der Waals surface area contributed by atoms with Gasteiger partial charge in [0.1, 0.15) is 9.86 Å². The molecule has 0 aliphatic heterocycles. The number of tetrazole rings is 1. The van der Waals surface area contributed by atoms with Gasteiger partial charge in [-0.3, -0.25) is 0 Å². The van der Waals surface area contributed by atoms with Gasteiger partial charge in [-0.25, -0.2) is 14.6 Å². The maximum absolute atomic E-state index is 5.66. The lowest BCUT2D eigenvalue weighted by Crippen LogP contribution is -1.97. The summed E-state index contributed by atoms with van der Waals surface area (Å²) in [5, 5.41) is 15.6. The van der Waals surface area contributed by atoms with Crippen molar-refractivity contribution in [2.45, 2.75) is 10.2 Å². The first-order chi connectivity index (χ1) is 8.24. The van der Waals surface area contributed by atoms with Crippen LogP contribution in [0.3, 0.4) is 0 Å². The van der Waals surface area contributed by atoms with Gasteiger partial charge in [-0.15, -0.1) is 16.4 Å². The predicted octanol–water partition coefficient (Wildman–Crippen LogP) is 0.948. The fourth-order valence-electron chi connectivity index (χ4n) is 1.32. The quantitative estimate of drug-likeness (QED) is 0.689. The summed E-state index contributed by atoms with van der Waals surface area (Å²) in [4.78, 5) is 9.25. The van der Waals surface area contributed by atoms with Crippen LogP contribution in [-0.4, -0.2) is 30.2 Å². The van der Waals surface area contributed by atoms with Crippen molar-refractivity contribution in [2.75, 3.05) is 5.73 Å². The van der Waals surface area contributed by atoms with Crippen LogP contribution in [0.1, 0.15) is 0 Å². The van der Waals surface area contributed by atoms with Gasteiger partial charge < -0.3 is 5.73 Å². The normalized spacial score (nSPS) is 11.1. The number of nitrogens with two attached hydrogens (primary N) is 1. The van der Waals surface area contributed by atoms with Crippen LogP contribution >= 0.6 is 23.1 Å². The highest BCUT2D eigenvalue weighted by molar-refractivity contribution is 7.99. The molecule has 0 amide bonds. The maximum Gasteiger partial charge on any atom is 0.222 e. The Morgan fingerprint density at radius 1 is 1.41 bits per heavy atom. The molecule has 0 aromatic carbocycles. The van der Waals surface area contributed by atoms with Crippen LogP contribution in [0.4, 0.5) is 5.95 Å². The molecule has 0 saturated carbocycles. The number of anilines is 1. The van der Waals surface area contributed by atoms with Crippen LogP contribution in [0.5, 0.6) is 0 Å². The van der Waals surface area contributed by atoms with Gasteiger partial charge in [-0.1, -0.05) is 0 Å². The predicted molar refractivity (Wildman–Crippen MR) is 64.7 cm³/mol. The van der Waals surface area contributed by atoms with Crippen molar-refractivity contribution < 1.29 is 0 Å². The van der Waals surface area contributed by atoms with E-state index in [1.807, 2.05) is 11.4 Å². The third-order valence-electron chi connectivity index (χ3n) is 2.08. The van der Waals surface area contributed by atoms with Crippen molar-refractivity contribution >= 4 is 39.3 Å². The van der Waals surface area contributed by atoms with E-state index in [4.69, 9.17) is 5.73 Å². The van der Waals surface area contributed by atoms with E-state index in [0.717, 1.165) is 15.2 Å². The lowest BCUT2D eigenvalue weighted by molar-refractivity contribution is 0.664. The number of rotatable bonds is 2. The second kappa shape index (κ2) is 3.93. The Hall–Kier alpha value is -1.74. The molecule has 0 fully saturated rings. The number of fused-ring (bicyclic) bond motifs is 1. The number of hydrogen-bond acceptors (Lipinski definition) is 8. The minimum absolute atomic E-state index is 0.262. The van der Waals surface area contributed by atoms with E-state index in [1.165, 1.54) is 23.1 Å². The molecule has 0 aliphatic rings. The van der Waals surface area contributed by atoms with Crippen LogP contribution in [0, 0.1) is 0 Å². The molecule has 3 rings (SSSR count). The van der Waals surface area contributed by atoms with Crippen LogP contribution in [0.15, 0.2) is 21.6 Å². The van der Waals surface area contributed by atoms with Crippen LogP contribution in [-0.2, 0) is 7.05 Å². The van der Waals surface area contributed by atoms with E-state index in [1.54, 1.807) is 11.7 Å². The van der Waals surface area contributed by atoms with Crippen molar-refractivity contribution in [1.29, 1.82) is 0 Å². The third-order valence-corrected chi connectivity index (χ3v) is 3.92. The van der Waals surface area contributed by atoms with Crippen LogP contribution in [0.25, 0.3) is 10.2 Å². The summed E-state index contributed by atoms with van der Waals surface area (Å²) in [5.41, 5.74) is 5.66. The molecule has 0 atom stereocenters. The molecule has 17 heavy (non-hydrogen) atoms. The fourth-order valence-corrected chi connectivity index (χ4v) is 2.98. The average molecular weight is 265 g/mol. The minimum Gasteiger partial charge on any atom is -0.368 e. The van der Waals surface area contributed by atoms with Crippen LogP contribution < -0.4 is 5.73 Å². The van der Waals surface area contributed by atoms with Crippen molar-refractivity contribution in [3.8, 4) is 0 Å². The summed E-state index contributed by atoms with van der Waals surface area (Å²) in [7, 11) is 1.78. The average Bonchev–Trinajstić information content (AvgIpc) is 2.88. The standard InChI is InChI=1S/C8H7N7S2/c1-15-8(12-13-14-15)17-6-4-2-3-16-5(4)10-7(9)11-6/h2-3H,1H3,(H2,9,10,11). The summed E-state index contributed by atoms with van der Waals surface area (Å²) in [5.74, 6) is 0.262. The second-order valence-electron chi connectivity index (χ2n) is 3.21. The van der Waals surface area contributed by atoms with Gasteiger partial charge in [0.2, 0.25) is 11.1 Å². The van der Waals surface area contributed by atoms with Gasteiger partial charge in [-0.2, -0.15) is 0 Å². The SMILES string of the molecule is Cn1nnnc1Sc1nc(N)nc2sccc12. The molecular formula is C8H7N7S2. The summed E-state index contributed by atoms with van der Waals surface area (Å²) in [6, 6.07) is 1.96. The van der Waals surface area contributed by atoms with E-state index >= 15 is 0 Å². The molecule has 9 heteroatoms. The zero-order valence-electron chi connectivity index (χ0n) is 8.73. The fraction of sp³-hybridized carbons (Fsp3) is 0.125. The monoisotopic (exact) mass is 265 g/mol. The lowest BCUT2D eigenvalue weighted by Gasteiger charge is -2.01. The summed E-state index contributed by atoms with van der Waals surface area (Å²) in [6.07, 6.45) is 0. The Balaban J connectivity index is 2.11. The van der Waals surface area contributed by atoms with Crippen molar-refractivity contribution in [3.05, 3.63) is 11.4 Å². The number of nitrogens with zero attached hydrogens (tertiary/aromatic N) is 6. The van der Waals surface area contributed by atoms with Gasteiger partial charge in [0.25, 0.3) is 0 Å². The largest absolute Gasteiger partial charge is 0.368 e. The highest BCUT2D eigenvalue weighted by Gasteiger charge is 2.12. The van der Waals surface area contributed by atoms with E-state index in [2.05, 4.69) is 25.5 Å². The van der Waals surface area contributed by atoms with Crippen molar-refractivity contribution in [3.63, 3.8) is 0 Å². The number of aryl methyl sites for hydroxylation is 1. The minimum atomic E-state index is 0.262. The topological polar surface area (TPSA) is 95.4 Å². The zero-order valence-corrected chi connectivity index (χ0v) is 10.4. The molecule has 0 saturated heterocycles. The summed E-state index contributed by atoms with van der Waals surface area (Å²) in [6.45, 7) is 0. The lowest BCUT2D eigenvalue weighted by atomic mass is 10.4. The van der Waals surface area contributed by atoms with E-state index in [9.17, 15) is 0 Å². The van der Waals surface area contributed by atoms with Gasteiger partial charge >= 0.3 is 0 Å². The van der Waals surface area contributed by atoms with E-state index in [0.29, 0.717) is 5.16 Å². The van der Waals surface area contributed by atoms with Gasteiger partial charge in [0.05, 0.1) is 0 Å². The van der Waals surface area contributed by atoms with Gasteiger partial charge in [0.15, 0.2) is 0 Å². The molecule has 86 valence electrons. The highest BCUT2D eigenvalue weighted by Crippen LogP contribution is 2.32. The Labute approximate surface area is 104 Å². The van der Waals surface area contributed by atoms with Gasteiger partial charge in [-0.05, 0) is 33.6 Å². The third kappa shape index (κ3) is 1.83. The molecule has 7 nitrogen and oxygen atoms in total. The molecular weight excluding hydrogens is 258 g/mol. The molecule has 2 N–H and O–H groups in total. The van der Waals surface area contributed by atoms with Crippen molar-refractivity contribution in [2.24, 2.45) is 7.05 Å². The number of thiophene rings is 1. The maximum atomic E-state index is 5.66. The molecule has 3 aromatic heterocycles. The molecule has 0 spiro atoms.